The molecule has 2 aliphatic carbocycles. The Bertz CT molecular complexity index is 420. The number of aliphatic hydroxyl groups is 2. The predicted molar refractivity (Wildman–Crippen MR) is 63.9 cm³/mol. The maximum atomic E-state index is 10.6. The van der Waals surface area contributed by atoms with Crippen LogP contribution in [0.5, 0.6) is 0 Å². The second kappa shape index (κ2) is 3.18. The summed E-state index contributed by atoms with van der Waals surface area (Å²) in [7, 11) is 0. The summed E-state index contributed by atoms with van der Waals surface area (Å²) in [5, 5.41) is 20.8. The third-order valence-corrected chi connectivity index (χ3v) is 5.46. The van der Waals surface area contributed by atoms with Gasteiger partial charge >= 0.3 is 0 Å². The van der Waals surface area contributed by atoms with Gasteiger partial charge in [0, 0.05) is 5.92 Å². The van der Waals surface area contributed by atoms with Gasteiger partial charge < -0.3 is 19.7 Å². The van der Waals surface area contributed by atoms with Crippen molar-refractivity contribution < 1.29 is 19.7 Å². The average Bonchev–Trinajstić information content (AvgIpc) is 3.17. The molecule has 2 saturated carbocycles. The van der Waals surface area contributed by atoms with Crippen molar-refractivity contribution in [3.05, 3.63) is 12.2 Å². The van der Waals surface area contributed by atoms with Crippen molar-refractivity contribution in [2.24, 2.45) is 17.8 Å². The molecule has 2 N–H and O–H groups in total. The van der Waals surface area contributed by atoms with Crippen LogP contribution in [0.1, 0.15) is 20.3 Å². The third-order valence-electron chi connectivity index (χ3n) is 5.46. The highest BCUT2D eigenvalue weighted by atomic mass is 16.7. The lowest BCUT2D eigenvalue weighted by Crippen LogP contribution is -2.55. The van der Waals surface area contributed by atoms with Gasteiger partial charge in [-0.15, -0.1) is 0 Å². The van der Waals surface area contributed by atoms with E-state index in [9.17, 15) is 10.2 Å². The maximum Gasteiger partial charge on any atom is 0.132 e. The topological polar surface area (TPSA) is 65.5 Å². The van der Waals surface area contributed by atoms with E-state index in [4.69, 9.17) is 9.47 Å². The molecule has 100 valence electrons. The van der Waals surface area contributed by atoms with Crippen LogP contribution < -0.4 is 0 Å². The fourth-order valence-corrected chi connectivity index (χ4v) is 4.34. The second-order valence-corrected chi connectivity index (χ2v) is 6.61. The van der Waals surface area contributed by atoms with Crippen LogP contribution in [-0.2, 0) is 9.47 Å². The summed E-state index contributed by atoms with van der Waals surface area (Å²) in [6.07, 6.45) is -0.229. The van der Waals surface area contributed by atoms with E-state index in [1.165, 1.54) is 0 Å². The van der Waals surface area contributed by atoms with Crippen molar-refractivity contribution in [1.29, 1.82) is 0 Å². The SMILES string of the molecule is C=C1[C@H](O)[C@H]2O[C@H]2[C@]23O[C@H]2C[C@@H](C(C)C)[C@@H](O)[C@H]13. The summed E-state index contributed by atoms with van der Waals surface area (Å²) in [6.45, 7) is 8.26. The van der Waals surface area contributed by atoms with Gasteiger partial charge in [0.15, 0.2) is 0 Å². The smallest absolute Gasteiger partial charge is 0.132 e. The minimum Gasteiger partial charge on any atom is -0.392 e. The van der Waals surface area contributed by atoms with Crippen molar-refractivity contribution in [3.63, 3.8) is 0 Å². The first-order valence-electron chi connectivity index (χ1n) is 6.86. The van der Waals surface area contributed by atoms with Gasteiger partial charge in [-0.3, -0.25) is 0 Å². The minimum atomic E-state index is -0.643. The van der Waals surface area contributed by atoms with Crippen LogP contribution in [0.2, 0.25) is 0 Å². The molecule has 4 rings (SSSR count). The van der Waals surface area contributed by atoms with Gasteiger partial charge in [-0.25, -0.2) is 0 Å². The van der Waals surface area contributed by atoms with E-state index in [2.05, 4.69) is 20.4 Å². The first kappa shape index (κ1) is 11.4. The van der Waals surface area contributed by atoms with Crippen molar-refractivity contribution in [2.45, 2.75) is 56.4 Å². The van der Waals surface area contributed by atoms with Gasteiger partial charge in [0.05, 0.1) is 12.2 Å². The van der Waals surface area contributed by atoms with E-state index in [1.807, 2.05) is 0 Å². The largest absolute Gasteiger partial charge is 0.392 e. The Labute approximate surface area is 107 Å². The van der Waals surface area contributed by atoms with E-state index in [-0.39, 0.29) is 35.7 Å². The summed E-state index contributed by atoms with van der Waals surface area (Å²) in [6, 6.07) is 0. The predicted octanol–water partition coefficient (Wildman–Crippen LogP) is 0.475. The summed E-state index contributed by atoms with van der Waals surface area (Å²) in [4.78, 5) is 0. The second-order valence-electron chi connectivity index (χ2n) is 6.61. The lowest BCUT2D eigenvalue weighted by Gasteiger charge is -2.42. The van der Waals surface area contributed by atoms with E-state index in [0.29, 0.717) is 11.5 Å². The van der Waals surface area contributed by atoms with E-state index >= 15 is 0 Å². The fourth-order valence-electron chi connectivity index (χ4n) is 4.34. The molecule has 2 heterocycles. The number of epoxide rings is 2. The highest BCUT2D eigenvalue weighted by molar-refractivity contribution is 5.37. The van der Waals surface area contributed by atoms with Crippen LogP contribution in [0.25, 0.3) is 0 Å². The van der Waals surface area contributed by atoms with Crippen LogP contribution in [0.15, 0.2) is 12.2 Å². The number of hydrogen-bond donors (Lipinski definition) is 2. The van der Waals surface area contributed by atoms with Gasteiger partial charge in [0.25, 0.3) is 0 Å². The summed E-state index contributed by atoms with van der Waals surface area (Å²) >= 11 is 0. The zero-order chi connectivity index (χ0) is 12.8. The Morgan fingerprint density at radius 2 is 2.11 bits per heavy atom. The Morgan fingerprint density at radius 3 is 2.78 bits per heavy atom. The molecule has 0 aromatic rings. The van der Waals surface area contributed by atoms with E-state index in [0.717, 1.165) is 6.42 Å². The molecule has 0 unspecified atom stereocenters. The lowest BCUT2D eigenvalue weighted by atomic mass is 9.61. The summed E-state index contributed by atoms with van der Waals surface area (Å²) < 4.78 is 11.5. The molecule has 0 aromatic heterocycles. The van der Waals surface area contributed by atoms with E-state index < -0.39 is 12.2 Å². The first-order valence-corrected chi connectivity index (χ1v) is 6.86. The lowest BCUT2D eigenvalue weighted by molar-refractivity contribution is -0.0192. The van der Waals surface area contributed by atoms with Gasteiger partial charge in [-0.1, -0.05) is 20.4 Å². The van der Waals surface area contributed by atoms with Gasteiger partial charge in [0.1, 0.15) is 23.9 Å². The van der Waals surface area contributed by atoms with Crippen molar-refractivity contribution in [2.75, 3.05) is 0 Å². The molecule has 4 heteroatoms. The summed E-state index contributed by atoms with van der Waals surface area (Å²) in [5.41, 5.74) is 0.334. The van der Waals surface area contributed by atoms with Crippen molar-refractivity contribution in [3.8, 4) is 0 Å². The van der Waals surface area contributed by atoms with Crippen molar-refractivity contribution in [1.82, 2.24) is 0 Å². The molecule has 2 aliphatic heterocycles. The maximum absolute atomic E-state index is 10.6. The normalized spacial score (nSPS) is 60.9. The molecule has 2 saturated heterocycles. The van der Waals surface area contributed by atoms with Gasteiger partial charge in [-0.2, -0.15) is 0 Å². The zero-order valence-corrected chi connectivity index (χ0v) is 10.7. The average molecular weight is 252 g/mol. The number of rotatable bonds is 1. The van der Waals surface area contributed by atoms with Crippen LogP contribution in [0.4, 0.5) is 0 Å². The summed E-state index contributed by atoms with van der Waals surface area (Å²) in [5.74, 6) is 0.460. The molecule has 0 bridgehead atoms. The Balaban J connectivity index is 1.72. The monoisotopic (exact) mass is 252 g/mol. The van der Waals surface area contributed by atoms with Crippen LogP contribution in [0.3, 0.4) is 0 Å². The number of ether oxygens (including phenoxy) is 2. The van der Waals surface area contributed by atoms with Gasteiger partial charge in [0.2, 0.25) is 0 Å². The highest BCUT2D eigenvalue weighted by Crippen LogP contribution is 2.66. The number of fused-ring (bicyclic) bond motifs is 1. The Kier molecular flexibility index (Phi) is 2.02. The Hall–Kier alpha value is -0.420. The first-order chi connectivity index (χ1) is 8.48. The van der Waals surface area contributed by atoms with Crippen LogP contribution in [0, 0.1) is 17.8 Å². The molecular formula is C14H20O4. The van der Waals surface area contributed by atoms with Crippen molar-refractivity contribution >= 4 is 0 Å². The molecule has 0 aromatic carbocycles. The number of aliphatic hydroxyl groups excluding tert-OH is 2. The molecule has 1 spiro atoms. The molecule has 4 fully saturated rings. The highest BCUT2D eigenvalue weighted by Gasteiger charge is 2.81. The minimum absolute atomic E-state index is 0.0317. The van der Waals surface area contributed by atoms with Crippen LogP contribution in [-0.4, -0.2) is 46.3 Å². The standard InChI is InChI=1S/C14H20O4/c1-5(2)7-4-8-14(18-8)9(11(7)16)6(3)10(15)12-13(14)17-12/h5,7-13,15-16H,3-4H2,1-2H3/t7-,8-,9-,10-,11+,12+,13+,14-/m0/s1. The molecule has 0 radical (unpaired) electrons. The number of hydrogen-bond acceptors (Lipinski definition) is 4. The van der Waals surface area contributed by atoms with E-state index in [1.54, 1.807) is 0 Å². The zero-order valence-electron chi connectivity index (χ0n) is 10.7. The molecule has 18 heavy (non-hydrogen) atoms. The fraction of sp³-hybridized carbons (Fsp3) is 0.857. The Morgan fingerprint density at radius 1 is 1.39 bits per heavy atom. The molecule has 0 amide bonds. The van der Waals surface area contributed by atoms with Crippen LogP contribution >= 0.6 is 0 Å². The van der Waals surface area contributed by atoms with Gasteiger partial charge in [-0.05, 0) is 23.8 Å². The molecular weight excluding hydrogens is 232 g/mol. The molecule has 4 nitrogen and oxygen atoms in total. The molecule has 8 atom stereocenters. The molecule has 4 aliphatic rings. The third kappa shape index (κ3) is 1.11. The quantitative estimate of drug-likeness (QED) is 0.526.